The van der Waals surface area contributed by atoms with Crippen LogP contribution in [-0.2, 0) is 28.6 Å². The summed E-state index contributed by atoms with van der Waals surface area (Å²) < 4.78 is 17.0. The quantitative estimate of drug-likeness (QED) is 0.0261. The molecule has 0 aromatic carbocycles. The molecule has 0 saturated carbocycles. The Hall–Kier alpha value is -2.63. The van der Waals surface area contributed by atoms with Crippen molar-refractivity contribution in [1.82, 2.24) is 0 Å². The van der Waals surface area contributed by atoms with E-state index in [-0.39, 0.29) is 31.1 Å². The van der Waals surface area contributed by atoms with E-state index in [4.69, 9.17) is 14.2 Å². The van der Waals surface area contributed by atoms with Crippen LogP contribution in [0.5, 0.6) is 0 Å². The number of unbranched alkanes of at least 4 members (excludes halogenated alkanes) is 47. The van der Waals surface area contributed by atoms with Gasteiger partial charge < -0.3 is 14.2 Å². The van der Waals surface area contributed by atoms with Crippen LogP contribution in [0.15, 0.2) is 48.6 Å². The number of esters is 3. The number of hydrogen-bond acceptors (Lipinski definition) is 6. The van der Waals surface area contributed by atoms with Crippen molar-refractivity contribution in [3.8, 4) is 0 Å². The molecular formula is C74H136O6. The molecule has 0 radical (unpaired) electrons. The predicted molar refractivity (Wildman–Crippen MR) is 349 cm³/mol. The van der Waals surface area contributed by atoms with Crippen LogP contribution in [0.1, 0.15) is 387 Å². The van der Waals surface area contributed by atoms with Crippen LogP contribution < -0.4 is 0 Å². The molecule has 0 amide bonds. The van der Waals surface area contributed by atoms with Gasteiger partial charge in [-0.2, -0.15) is 0 Å². The molecule has 0 saturated heterocycles. The standard InChI is InChI=1S/C74H136O6/c1-4-7-10-13-16-19-22-25-28-31-33-34-35-36-37-38-39-40-41-44-46-49-52-55-58-61-64-67-73(76)79-70-71(69-78-72(75)66-63-60-57-54-51-48-45-42-30-27-24-21-18-15-12-9-6-3)80-74(77)68-65-62-59-56-53-50-47-43-32-29-26-23-20-17-14-11-8-5-2/h18,20-21,23,27,29-30,32,71H,4-17,19,22,24-26,28,31,33-70H2,1-3H3/b21-18-,23-20-,30-27-,32-29-. The summed E-state index contributed by atoms with van der Waals surface area (Å²) in [4.78, 5) is 38.5. The maximum atomic E-state index is 12.9. The number of carbonyl (C=O) groups excluding carboxylic acids is 3. The topological polar surface area (TPSA) is 78.9 Å². The molecule has 0 aromatic heterocycles. The molecule has 0 rings (SSSR count). The summed E-state index contributed by atoms with van der Waals surface area (Å²) in [5.41, 5.74) is 0. The lowest BCUT2D eigenvalue weighted by Gasteiger charge is -2.18. The first-order chi connectivity index (χ1) is 39.5. The fourth-order valence-corrected chi connectivity index (χ4v) is 10.7. The molecule has 6 nitrogen and oxygen atoms in total. The van der Waals surface area contributed by atoms with E-state index in [1.807, 2.05) is 0 Å². The summed E-state index contributed by atoms with van der Waals surface area (Å²) in [5, 5.41) is 0. The third-order valence-electron chi connectivity index (χ3n) is 16.1. The van der Waals surface area contributed by atoms with Crippen LogP contribution in [0, 0.1) is 0 Å². The third kappa shape index (κ3) is 66.2. The third-order valence-corrected chi connectivity index (χ3v) is 16.1. The van der Waals surface area contributed by atoms with Gasteiger partial charge in [0, 0.05) is 19.3 Å². The average molecular weight is 1120 g/mol. The van der Waals surface area contributed by atoms with E-state index < -0.39 is 6.10 Å². The lowest BCUT2D eigenvalue weighted by Crippen LogP contribution is -2.30. The van der Waals surface area contributed by atoms with Crippen LogP contribution in [0.25, 0.3) is 0 Å². The van der Waals surface area contributed by atoms with Gasteiger partial charge in [0.15, 0.2) is 6.10 Å². The second kappa shape index (κ2) is 68.9. The minimum Gasteiger partial charge on any atom is -0.462 e. The first-order valence-corrected chi connectivity index (χ1v) is 35.6. The highest BCUT2D eigenvalue weighted by Crippen LogP contribution is 2.18. The lowest BCUT2D eigenvalue weighted by atomic mass is 10.0. The Labute approximate surface area is 498 Å². The highest BCUT2D eigenvalue weighted by Gasteiger charge is 2.19. The number of carbonyl (C=O) groups is 3. The molecule has 6 heteroatoms. The van der Waals surface area contributed by atoms with Gasteiger partial charge in [0.1, 0.15) is 13.2 Å². The van der Waals surface area contributed by atoms with Crippen molar-refractivity contribution in [3.63, 3.8) is 0 Å². The van der Waals surface area contributed by atoms with Crippen LogP contribution >= 0.6 is 0 Å². The molecule has 0 bridgehead atoms. The monoisotopic (exact) mass is 1120 g/mol. The van der Waals surface area contributed by atoms with E-state index >= 15 is 0 Å². The number of allylic oxidation sites excluding steroid dienone is 8. The maximum absolute atomic E-state index is 12.9. The molecule has 0 heterocycles. The number of rotatable bonds is 66. The first-order valence-electron chi connectivity index (χ1n) is 35.6. The van der Waals surface area contributed by atoms with Crippen molar-refractivity contribution >= 4 is 17.9 Å². The first kappa shape index (κ1) is 77.4. The number of ether oxygens (including phenoxy) is 3. The van der Waals surface area contributed by atoms with E-state index in [1.165, 1.54) is 263 Å². The molecular weight excluding hydrogens is 985 g/mol. The van der Waals surface area contributed by atoms with E-state index in [2.05, 4.69) is 69.4 Å². The molecule has 0 N–H and O–H groups in total. The second-order valence-corrected chi connectivity index (χ2v) is 24.1. The van der Waals surface area contributed by atoms with Crippen molar-refractivity contribution in [2.45, 2.75) is 393 Å². The largest absolute Gasteiger partial charge is 0.462 e. The summed E-state index contributed by atoms with van der Waals surface area (Å²) in [6.45, 7) is 6.66. The van der Waals surface area contributed by atoms with Crippen LogP contribution in [0.4, 0.5) is 0 Å². The van der Waals surface area contributed by atoms with Crippen molar-refractivity contribution in [2.24, 2.45) is 0 Å². The Balaban J connectivity index is 4.27. The van der Waals surface area contributed by atoms with E-state index in [0.29, 0.717) is 19.3 Å². The summed E-state index contributed by atoms with van der Waals surface area (Å²) >= 11 is 0. The van der Waals surface area contributed by atoms with Gasteiger partial charge in [-0.1, -0.05) is 333 Å². The minimum atomic E-state index is -0.781. The van der Waals surface area contributed by atoms with Crippen molar-refractivity contribution < 1.29 is 28.6 Å². The van der Waals surface area contributed by atoms with Gasteiger partial charge in [-0.05, 0) is 83.5 Å². The Morgan fingerprint density at radius 2 is 0.450 bits per heavy atom. The highest BCUT2D eigenvalue weighted by molar-refractivity contribution is 5.71. The summed E-state index contributed by atoms with van der Waals surface area (Å²) in [6, 6.07) is 0. The zero-order chi connectivity index (χ0) is 57.8. The van der Waals surface area contributed by atoms with Crippen molar-refractivity contribution in [3.05, 3.63) is 48.6 Å². The fourth-order valence-electron chi connectivity index (χ4n) is 10.7. The molecule has 0 aliphatic rings. The SMILES string of the molecule is CCCCC/C=C\C/C=C\CCCCCCCCCC(=O)OCC(COC(=O)CCCCCCCCCCCCCCCCCCCCCCCCCCCCC)OC(=O)CCCCCCCCC/C=C\C/C=C\CCCCCC. The van der Waals surface area contributed by atoms with Crippen molar-refractivity contribution in [1.29, 1.82) is 0 Å². The molecule has 80 heavy (non-hydrogen) atoms. The zero-order valence-corrected chi connectivity index (χ0v) is 53.9. The highest BCUT2D eigenvalue weighted by atomic mass is 16.6. The van der Waals surface area contributed by atoms with E-state index in [0.717, 1.165) is 83.5 Å². The Kier molecular flexibility index (Phi) is 66.6. The van der Waals surface area contributed by atoms with Gasteiger partial charge >= 0.3 is 17.9 Å². The molecule has 0 aliphatic carbocycles. The average Bonchev–Trinajstić information content (AvgIpc) is 3.46. The van der Waals surface area contributed by atoms with E-state index in [9.17, 15) is 14.4 Å². The summed E-state index contributed by atoms with van der Waals surface area (Å²) in [7, 11) is 0. The predicted octanol–water partition coefficient (Wildman–Crippen LogP) is 24.5. The van der Waals surface area contributed by atoms with Crippen molar-refractivity contribution in [2.75, 3.05) is 13.2 Å². The minimum absolute atomic E-state index is 0.0751. The molecule has 0 aliphatic heterocycles. The van der Waals surface area contributed by atoms with Gasteiger partial charge in [-0.25, -0.2) is 0 Å². The van der Waals surface area contributed by atoms with Crippen LogP contribution in [-0.4, -0.2) is 37.2 Å². The van der Waals surface area contributed by atoms with E-state index in [1.54, 1.807) is 0 Å². The molecule has 0 fully saturated rings. The molecule has 1 unspecified atom stereocenters. The normalized spacial score (nSPS) is 12.3. The second-order valence-electron chi connectivity index (χ2n) is 24.1. The maximum Gasteiger partial charge on any atom is 0.306 e. The molecule has 0 spiro atoms. The van der Waals surface area contributed by atoms with Gasteiger partial charge in [0.05, 0.1) is 0 Å². The molecule has 1 atom stereocenters. The fraction of sp³-hybridized carbons (Fsp3) is 0.851. The van der Waals surface area contributed by atoms with Crippen LogP contribution in [0.2, 0.25) is 0 Å². The Morgan fingerprint density at radius 3 is 0.725 bits per heavy atom. The van der Waals surface area contributed by atoms with Gasteiger partial charge in [0.2, 0.25) is 0 Å². The molecule has 468 valence electrons. The summed E-state index contributed by atoms with van der Waals surface area (Å²) in [5.74, 6) is -0.865. The smallest absolute Gasteiger partial charge is 0.306 e. The van der Waals surface area contributed by atoms with Gasteiger partial charge in [0.25, 0.3) is 0 Å². The summed E-state index contributed by atoms with van der Waals surface area (Å²) in [6.07, 6.45) is 87.1. The van der Waals surface area contributed by atoms with Gasteiger partial charge in [-0.15, -0.1) is 0 Å². The van der Waals surface area contributed by atoms with Gasteiger partial charge in [-0.3, -0.25) is 14.4 Å². The molecule has 0 aromatic rings. The number of hydrogen-bond donors (Lipinski definition) is 0. The van der Waals surface area contributed by atoms with Crippen LogP contribution in [0.3, 0.4) is 0 Å². The Bertz CT molecular complexity index is 1380. The lowest BCUT2D eigenvalue weighted by molar-refractivity contribution is -0.167. The zero-order valence-electron chi connectivity index (χ0n) is 53.9. The Morgan fingerprint density at radius 1 is 0.250 bits per heavy atom.